The summed E-state index contributed by atoms with van der Waals surface area (Å²) >= 11 is 0. The molecule has 2 N–H and O–H groups in total. The van der Waals surface area contributed by atoms with E-state index in [1.165, 1.54) is 12.4 Å². The van der Waals surface area contributed by atoms with Gasteiger partial charge in [-0.05, 0) is 0 Å². The van der Waals surface area contributed by atoms with Gasteiger partial charge in [-0.25, -0.2) is 4.79 Å². The van der Waals surface area contributed by atoms with Crippen LogP contribution in [0.1, 0.15) is 0 Å². The van der Waals surface area contributed by atoms with Crippen LogP contribution in [0, 0.1) is 0 Å². The topological polar surface area (TPSA) is 70.9 Å². The lowest BCUT2D eigenvalue weighted by atomic mass is 10.4. The Morgan fingerprint density at radius 3 is 3.09 bits per heavy atom. The molecule has 2 aromatic heterocycles. The molecule has 0 fully saturated rings. The number of aromatic amines is 1. The number of carbonyl (C=O) groups is 1. The molecule has 0 unspecified atom stereocenters. The summed E-state index contributed by atoms with van der Waals surface area (Å²) < 4.78 is 1.09. The third-order valence-corrected chi connectivity index (χ3v) is 1.47. The number of fused-ring (bicyclic) bond motifs is 1. The molecule has 0 aliphatic heterocycles. The first kappa shape index (κ1) is 5.96. The molecule has 0 saturated heterocycles. The minimum absolute atomic E-state index is 0.729. The van der Waals surface area contributed by atoms with Gasteiger partial charge in [0.25, 0.3) is 0 Å². The van der Waals surface area contributed by atoms with Crippen molar-refractivity contribution in [1.82, 2.24) is 14.8 Å². The van der Waals surface area contributed by atoms with Crippen LogP contribution in [-0.4, -0.2) is 26.0 Å². The van der Waals surface area contributed by atoms with Gasteiger partial charge < -0.3 is 5.11 Å². The summed E-state index contributed by atoms with van der Waals surface area (Å²) in [5.74, 6) is 0. The normalized spacial score (nSPS) is 10.5. The Hall–Kier alpha value is -1.78. The Kier molecular flexibility index (Phi) is 1.00. The third kappa shape index (κ3) is 0.778. The second-order valence-corrected chi connectivity index (χ2v) is 2.19. The summed E-state index contributed by atoms with van der Waals surface area (Å²) in [5.41, 5.74) is 0.729. The van der Waals surface area contributed by atoms with Crippen molar-refractivity contribution in [3.63, 3.8) is 0 Å². The van der Waals surface area contributed by atoms with E-state index in [2.05, 4.69) is 10.2 Å². The molecule has 0 saturated carbocycles. The predicted octanol–water partition coefficient (Wildman–Crippen LogP) is 0.890. The summed E-state index contributed by atoms with van der Waals surface area (Å²) in [7, 11) is 0. The van der Waals surface area contributed by atoms with Crippen molar-refractivity contribution in [2.75, 3.05) is 0 Å². The molecule has 5 nitrogen and oxygen atoms in total. The van der Waals surface area contributed by atoms with Crippen LogP contribution < -0.4 is 0 Å². The van der Waals surface area contributed by atoms with Gasteiger partial charge in [-0.15, -0.1) is 0 Å². The van der Waals surface area contributed by atoms with Crippen molar-refractivity contribution < 1.29 is 9.90 Å². The lowest BCUT2D eigenvalue weighted by molar-refractivity contribution is 0.196. The Labute approximate surface area is 61.3 Å². The molecule has 0 aromatic carbocycles. The third-order valence-electron chi connectivity index (χ3n) is 1.47. The molecule has 0 spiro atoms. The molecule has 56 valence electrons. The molecule has 5 heteroatoms. The fourth-order valence-corrected chi connectivity index (χ4v) is 0.948. The van der Waals surface area contributed by atoms with Crippen LogP contribution in [-0.2, 0) is 0 Å². The van der Waals surface area contributed by atoms with E-state index in [0.717, 1.165) is 15.5 Å². The summed E-state index contributed by atoms with van der Waals surface area (Å²) in [6.07, 6.45) is 3.57. The molecule has 0 radical (unpaired) electrons. The first-order valence-corrected chi connectivity index (χ1v) is 3.02. The second-order valence-electron chi connectivity index (χ2n) is 2.19. The molecule has 0 amide bonds. The molecule has 2 rings (SSSR count). The highest BCUT2D eigenvalue weighted by molar-refractivity contribution is 5.82. The van der Waals surface area contributed by atoms with E-state index in [9.17, 15) is 4.79 Å². The molecule has 2 aromatic rings. The van der Waals surface area contributed by atoms with Crippen molar-refractivity contribution in [3.8, 4) is 0 Å². The number of hydrogen-bond acceptors (Lipinski definition) is 2. The highest BCUT2D eigenvalue weighted by Crippen LogP contribution is 2.10. The Morgan fingerprint density at radius 2 is 2.45 bits per heavy atom. The number of H-pyrrole nitrogens is 1. The van der Waals surface area contributed by atoms with E-state index in [0.29, 0.717) is 0 Å². The number of rotatable bonds is 0. The Bertz CT molecular complexity index is 372. The van der Waals surface area contributed by atoms with E-state index in [1.807, 2.05) is 0 Å². The minimum atomic E-state index is -0.991. The van der Waals surface area contributed by atoms with E-state index < -0.39 is 6.09 Å². The molecule has 0 bridgehead atoms. The first-order chi connectivity index (χ1) is 5.27. The molecule has 0 aliphatic rings. The van der Waals surface area contributed by atoms with Crippen LogP contribution in [0.5, 0.6) is 0 Å². The zero-order chi connectivity index (χ0) is 7.84. The van der Waals surface area contributed by atoms with Crippen molar-refractivity contribution in [3.05, 3.63) is 18.6 Å². The van der Waals surface area contributed by atoms with Gasteiger partial charge in [0.15, 0.2) is 0 Å². The monoisotopic (exact) mass is 151 g/mol. The molecule has 11 heavy (non-hydrogen) atoms. The van der Waals surface area contributed by atoms with Crippen LogP contribution in [0.3, 0.4) is 0 Å². The molecule has 0 aliphatic carbocycles. The van der Waals surface area contributed by atoms with Crippen LogP contribution >= 0.6 is 0 Å². The smallest absolute Gasteiger partial charge is 0.415 e. The van der Waals surface area contributed by atoms with Crippen LogP contribution in [0.25, 0.3) is 10.9 Å². The number of hydrogen-bond donors (Lipinski definition) is 2. The van der Waals surface area contributed by atoms with Crippen LogP contribution in [0.15, 0.2) is 18.6 Å². The van der Waals surface area contributed by atoms with Crippen LogP contribution in [0.4, 0.5) is 4.79 Å². The van der Waals surface area contributed by atoms with Gasteiger partial charge in [0, 0.05) is 17.8 Å². The highest BCUT2D eigenvalue weighted by atomic mass is 16.4. The van der Waals surface area contributed by atoms with Gasteiger partial charge in [-0.3, -0.25) is 9.67 Å². The average molecular weight is 151 g/mol. The summed E-state index contributed by atoms with van der Waals surface area (Å²) in [6, 6.07) is 0. The highest BCUT2D eigenvalue weighted by Gasteiger charge is 2.03. The van der Waals surface area contributed by atoms with Gasteiger partial charge in [0.2, 0.25) is 0 Å². The Balaban J connectivity index is 2.67. The molecule has 0 atom stereocenters. The number of aromatic nitrogens is 3. The lowest BCUT2D eigenvalue weighted by Gasteiger charge is -1.88. The number of nitrogens with zero attached hydrogens (tertiary/aromatic N) is 2. The van der Waals surface area contributed by atoms with Crippen LogP contribution in [0.2, 0.25) is 0 Å². The van der Waals surface area contributed by atoms with E-state index in [1.54, 1.807) is 6.20 Å². The Morgan fingerprint density at radius 1 is 1.64 bits per heavy atom. The van der Waals surface area contributed by atoms with E-state index in [-0.39, 0.29) is 0 Å². The van der Waals surface area contributed by atoms with Gasteiger partial charge in [-0.1, -0.05) is 0 Å². The van der Waals surface area contributed by atoms with Crippen molar-refractivity contribution in [2.24, 2.45) is 0 Å². The van der Waals surface area contributed by atoms with Crippen molar-refractivity contribution in [2.45, 2.75) is 0 Å². The number of carboxylic acid groups (broad SMARTS) is 1. The second kappa shape index (κ2) is 1.85. The minimum Gasteiger partial charge on any atom is -0.464 e. The van der Waals surface area contributed by atoms with Gasteiger partial charge in [0.1, 0.15) is 0 Å². The lowest BCUT2D eigenvalue weighted by Crippen LogP contribution is -2.03. The van der Waals surface area contributed by atoms with Gasteiger partial charge in [0.05, 0.1) is 11.7 Å². The fraction of sp³-hybridized carbons (Fsp3) is 0. The SMILES string of the molecule is O=C(O)n1cc2cn[nH]c2c1. The first-order valence-electron chi connectivity index (χ1n) is 3.02. The zero-order valence-electron chi connectivity index (χ0n) is 5.48. The van der Waals surface area contributed by atoms with E-state index in [4.69, 9.17) is 5.11 Å². The van der Waals surface area contributed by atoms with Gasteiger partial charge in [-0.2, -0.15) is 5.10 Å². The van der Waals surface area contributed by atoms with Crippen molar-refractivity contribution >= 4 is 17.0 Å². The van der Waals surface area contributed by atoms with Crippen molar-refractivity contribution in [1.29, 1.82) is 0 Å². The number of nitrogens with one attached hydrogen (secondary N) is 1. The van der Waals surface area contributed by atoms with Gasteiger partial charge >= 0.3 is 6.09 Å². The summed E-state index contributed by atoms with van der Waals surface area (Å²) in [4.78, 5) is 10.4. The van der Waals surface area contributed by atoms with E-state index >= 15 is 0 Å². The maximum absolute atomic E-state index is 10.4. The average Bonchev–Trinajstić information content (AvgIpc) is 2.40. The fourth-order valence-electron chi connectivity index (χ4n) is 0.948. The molecular weight excluding hydrogens is 146 g/mol. The quantitative estimate of drug-likeness (QED) is 0.587. The standard InChI is InChI=1S/C6H5N3O2/c10-6(11)9-2-4-1-7-8-5(4)3-9/h1-3,8H,(H,10,11). The molecule has 2 heterocycles. The zero-order valence-corrected chi connectivity index (χ0v) is 5.48. The summed E-state index contributed by atoms with van der Waals surface area (Å²) in [5, 5.41) is 15.7. The predicted molar refractivity (Wildman–Crippen MR) is 37.5 cm³/mol. The molecular formula is C6H5N3O2. The summed E-state index contributed by atoms with van der Waals surface area (Å²) in [6.45, 7) is 0. The largest absolute Gasteiger partial charge is 0.464 e. The maximum atomic E-state index is 10.4. The maximum Gasteiger partial charge on any atom is 0.415 e.